The molecule has 1 unspecified atom stereocenters. The lowest BCUT2D eigenvalue weighted by atomic mass is 9.95. The van der Waals surface area contributed by atoms with Crippen molar-refractivity contribution in [2.45, 2.75) is 39.2 Å². The molecule has 2 aromatic rings. The molecule has 0 saturated carbocycles. The molecule has 1 N–H and O–H groups in total. The van der Waals surface area contributed by atoms with Crippen LogP contribution in [0.2, 0.25) is 0 Å². The minimum Gasteiger partial charge on any atom is -0.316 e. The zero-order valence-electron chi connectivity index (χ0n) is 12.0. The number of hydrogen-bond acceptors (Lipinski definition) is 3. The van der Waals surface area contributed by atoms with Crippen molar-refractivity contribution in [3.8, 4) is 0 Å². The maximum atomic E-state index is 4.81. The smallest absolute Gasteiger partial charge is 0.160 e. The zero-order chi connectivity index (χ0) is 13.5. The van der Waals surface area contributed by atoms with E-state index in [0.29, 0.717) is 5.92 Å². The Morgan fingerprint density at radius 2 is 2.26 bits per heavy atom. The molecule has 0 aliphatic carbocycles. The molecule has 19 heavy (non-hydrogen) atoms. The van der Waals surface area contributed by atoms with Crippen molar-refractivity contribution in [3.05, 3.63) is 24.2 Å². The van der Waals surface area contributed by atoms with Gasteiger partial charge in [0.05, 0.1) is 0 Å². The molecular weight excluding hydrogens is 236 g/mol. The average molecular weight is 258 g/mol. The van der Waals surface area contributed by atoms with Crippen molar-refractivity contribution in [2.75, 3.05) is 13.1 Å². The summed E-state index contributed by atoms with van der Waals surface area (Å²) in [6.07, 6.45) is 3.11. The minimum atomic E-state index is 0.0483. The van der Waals surface area contributed by atoms with Crippen molar-refractivity contribution in [1.29, 1.82) is 0 Å². The number of nitrogens with zero attached hydrogens (tertiary/aromatic N) is 3. The Morgan fingerprint density at radius 3 is 2.95 bits per heavy atom. The highest BCUT2D eigenvalue weighted by Crippen LogP contribution is 2.27. The van der Waals surface area contributed by atoms with E-state index in [1.54, 1.807) is 0 Å². The Kier molecular flexibility index (Phi) is 3.05. The third kappa shape index (κ3) is 2.37. The fraction of sp³-hybridized carbons (Fsp3) is 0.600. The van der Waals surface area contributed by atoms with Gasteiger partial charge in [-0.25, -0.2) is 9.97 Å². The Morgan fingerprint density at radius 1 is 1.42 bits per heavy atom. The molecule has 0 spiro atoms. The Hall–Kier alpha value is -1.42. The van der Waals surface area contributed by atoms with Crippen molar-refractivity contribution >= 4 is 11.2 Å². The summed E-state index contributed by atoms with van der Waals surface area (Å²) in [5.74, 6) is 1.84. The third-order valence-electron chi connectivity index (χ3n) is 3.78. The van der Waals surface area contributed by atoms with Gasteiger partial charge in [0.2, 0.25) is 0 Å². The maximum absolute atomic E-state index is 4.81. The molecule has 0 radical (unpaired) electrons. The maximum Gasteiger partial charge on any atom is 0.160 e. The Labute approximate surface area is 114 Å². The van der Waals surface area contributed by atoms with Crippen LogP contribution in [0.15, 0.2) is 18.3 Å². The second-order valence-electron chi connectivity index (χ2n) is 6.50. The molecule has 1 fully saturated rings. The molecule has 2 aromatic heterocycles. The fourth-order valence-electron chi connectivity index (χ4n) is 2.83. The molecule has 0 amide bonds. The van der Waals surface area contributed by atoms with E-state index < -0.39 is 0 Å². The van der Waals surface area contributed by atoms with E-state index in [2.05, 4.69) is 41.7 Å². The van der Waals surface area contributed by atoms with Crippen LogP contribution in [-0.2, 0) is 12.0 Å². The third-order valence-corrected chi connectivity index (χ3v) is 3.78. The summed E-state index contributed by atoms with van der Waals surface area (Å²) in [6, 6.07) is 4.02. The first-order valence-corrected chi connectivity index (χ1v) is 7.08. The van der Waals surface area contributed by atoms with Crippen molar-refractivity contribution < 1.29 is 0 Å². The van der Waals surface area contributed by atoms with Gasteiger partial charge in [0.1, 0.15) is 11.3 Å². The van der Waals surface area contributed by atoms with E-state index in [-0.39, 0.29) is 5.41 Å². The van der Waals surface area contributed by atoms with Crippen LogP contribution in [-0.4, -0.2) is 27.6 Å². The minimum absolute atomic E-state index is 0.0483. The number of hydrogen-bond donors (Lipinski definition) is 1. The van der Waals surface area contributed by atoms with Gasteiger partial charge in [0, 0.05) is 18.2 Å². The highest BCUT2D eigenvalue weighted by molar-refractivity contribution is 5.71. The molecular formula is C15H22N4. The first-order chi connectivity index (χ1) is 9.05. The van der Waals surface area contributed by atoms with Gasteiger partial charge < -0.3 is 9.88 Å². The van der Waals surface area contributed by atoms with Crippen LogP contribution in [0.25, 0.3) is 11.2 Å². The van der Waals surface area contributed by atoms with E-state index in [1.807, 2.05) is 12.3 Å². The number of rotatable bonds is 2. The van der Waals surface area contributed by atoms with Gasteiger partial charge in [-0.15, -0.1) is 0 Å². The van der Waals surface area contributed by atoms with Gasteiger partial charge in [0.25, 0.3) is 0 Å². The average Bonchev–Trinajstić information content (AvgIpc) is 2.97. The summed E-state index contributed by atoms with van der Waals surface area (Å²) in [5, 5.41) is 3.44. The summed E-state index contributed by atoms with van der Waals surface area (Å²) < 4.78 is 2.33. The first kappa shape index (κ1) is 12.6. The monoisotopic (exact) mass is 258 g/mol. The Bertz CT molecular complexity index is 573. The van der Waals surface area contributed by atoms with Gasteiger partial charge in [-0.2, -0.15) is 0 Å². The summed E-state index contributed by atoms with van der Waals surface area (Å²) in [5.41, 5.74) is 2.09. The largest absolute Gasteiger partial charge is 0.316 e. The molecule has 4 heteroatoms. The van der Waals surface area contributed by atoms with Gasteiger partial charge in [-0.05, 0) is 37.6 Å². The van der Waals surface area contributed by atoms with Crippen molar-refractivity contribution in [2.24, 2.45) is 5.92 Å². The van der Waals surface area contributed by atoms with E-state index in [9.17, 15) is 0 Å². The molecule has 1 atom stereocenters. The normalized spacial score (nSPS) is 20.3. The zero-order valence-corrected chi connectivity index (χ0v) is 12.0. The predicted molar refractivity (Wildman–Crippen MR) is 77.2 cm³/mol. The second-order valence-corrected chi connectivity index (χ2v) is 6.50. The SMILES string of the molecule is CC(C)(C)c1nc2cccnc2n1CC1CCNC1. The van der Waals surface area contributed by atoms with E-state index in [1.165, 1.54) is 6.42 Å². The van der Waals surface area contributed by atoms with Crippen LogP contribution in [0.4, 0.5) is 0 Å². The number of imidazole rings is 1. The molecule has 1 aliphatic heterocycles. The van der Waals surface area contributed by atoms with Crippen LogP contribution >= 0.6 is 0 Å². The summed E-state index contributed by atoms with van der Waals surface area (Å²) in [7, 11) is 0. The molecule has 0 aromatic carbocycles. The van der Waals surface area contributed by atoms with Gasteiger partial charge in [-0.1, -0.05) is 20.8 Å². The number of fused-ring (bicyclic) bond motifs is 1. The van der Waals surface area contributed by atoms with Gasteiger partial charge >= 0.3 is 0 Å². The number of nitrogens with one attached hydrogen (secondary N) is 1. The van der Waals surface area contributed by atoms with Crippen LogP contribution in [0.5, 0.6) is 0 Å². The van der Waals surface area contributed by atoms with Crippen LogP contribution in [0.1, 0.15) is 33.0 Å². The summed E-state index contributed by atoms with van der Waals surface area (Å²) in [4.78, 5) is 9.34. The highest BCUT2D eigenvalue weighted by Gasteiger charge is 2.25. The van der Waals surface area contributed by atoms with Crippen molar-refractivity contribution in [3.63, 3.8) is 0 Å². The summed E-state index contributed by atoms with van der Waals surface area (Å²) >= 11 is 0. The highest BCUT2D eigenvalue weighted by atomic mass is 15.1. The van der Waals surface area contributed by atoms with E-state index >= 15 is 0 Å². The van der Waals surface area contributed by atoms with E-state index in [0.717, 1.165) is 36.6 Å². The van der Waals surface area contributed by atoms with Gasteiger partial charge in [0.15, 0.2) is 5.65 Å². The predicted octanol–water partition coefficient (Wildman–Crippen LogP) is 2.34. The summed E-state index contributed by atoms with van der Waals surface area (Å²) in [6.45, 7) is 9.92. The molecule has 102 valence electrons. The molecule has 0 bridgehead atoms. The second kappa shape index (κ2) is 4.60. The lowest BCUT2D eigenvalue weighted by Gasteiger charge is -2.21. The van der Waals surface area contributed by atoms with Crippen LogP contribution in [0, 0.1) is 5.92 Å². The van der Waals surface area contributed by atoms with E-state index in [4.69, 9.17) is 4.98 Å². The topological polar surface area (TPSA) is 42.7 Å². The molecule has 4 nitrogen and oxygen atoms in total. The molecule has 1 aliphatic rings. The Balaban J connectivity index is 2.07. The molecule has 3 rings (SSSR count). The number of pyridine rings is 1. The van der Waals surface area contributed by atoms with Crippen LogP contribution < -0.4 is 5.32 Å². The van der Waals surface area contributed by atoms with Crippen LogP contribution in [0.3, 0.4) is 0 Å². The lowest BCUT2D eigenvalue weighted by Crippen LogP contribution is -2.23. The molecule has 1 saturated heterocycles. The standard InChI is InChI=1S/C15H22N4/c1-15(2,3)14-18-12-5-4-7-17-13(12)19(14)10-11-6-8-16-9-11/h4-5,7,11,16H,6,8-10H2,1-3H3. The number of aromatic nitrogens is 3. The lowest BCUT2D eigenvalue weighted by molar-refractivity contribution is 0.437. The van der Waals surface area contributed by atoms with Crippen molar-refractivity contribution in [1.82, 2.24) is 19.9 Å². The quantitative estimate of drug-likeness (QED) is 0.899. The van der Waals surface area contributed by atoms with Gasteiger partial charge in [-0.3, -0.25) is 0 Å². The first-order valence-electron chi connectivity index (χ1n) is 7.08. The fourth-order valence-corrected chi connectivity index (χ4v) is 2.83. The molecule has 3 heterocycles.